The lowest BCUT2D eigenvalue weighted by molar-refractivity contribution is -0.122. The van der Waals surface area contributed by atoms with Gasteiger partial charge in [0.15, 0.2) is 0 Å². The number of hydrogen-bond acceptors (Lipinski definition) is 3. The number of carbonyl (C=O) groups excluding carboxylic acids is 2. The van der Waals surface area contributed by atoms with Crippen molar-refractivity contribution in [2.24, 2.45) is 0 Å². The van der Waals surface area contributed by atoms with Crippen LogP contribution < -0.4 is 10.6 Å². The van der Waals surface area contributed by atoms with Crippen molar-refractivity contribution in [3.63, 3.8) is 0 Å². The second-order valence-electron chi connectivity index (χ2n) is 6.13. The van der Waals surface area contributed by atoms with E-state index in [9.17, 15) is 9.59 Å². The van der Waals surface area contributed by atoms with Crippen LogP contribution in [0.15, 0.2) is 24.3 Å². The van der Waals surface area contributed by atoms with Gasteiger partial charge in [0.2, 0.25) is 5.91 Å². The van der Waals surface area contributed by atoms with Gasteiger partial charge in [0.1, 0.15) is 6.04 Å². The minimum atomic E-state index is -0.461. The molecular weight excluding hydrogens is 290 g/mol. The molecule has 0 aliphatic carbocycles. The van der Waals surface area contributed by atoms with Crippen molar-refractivity contribution in [1.29, 1.82) is 0 Å². The number of fused-ring (bicyclic) bond motifs is 1. The highest BCUT2D eigenvalue weighted by molar-refractivity contribution is 6.00. The molecule has 1 aliphatic heterocycles. The van der Waals surface area contributed by atoms with Gasteiger partial charge in [-0.3, -0.25) is 14.6 Å². The lowest BCUT2D eigenvalue weighted by Gasteiger charge is -2.16. The molecule has 1 aromatic carbocycles. The molecule has 1 fully saturated rings. The molecule has 0 spiro atoms. The number of aryl methyl sites for hydroxylation is 2. The maximum atomic E-state index is 12.6. The number of benzene rings is 1. The summed E-state index contributed by atoms with van der Waals surface area (Å²) in [5.41, 5.74) is 3.20. The Balaban J connectivity index is 1.87. The summed E-state index contributed by atoms with van der Waals surface area (Å²) in [4.78, 5) is 29.1. The lowest BCUT2D eigenvalue weighted by atomic mass is 10.1. The standard InChI is InChI=1S/C18H21N3O2/c1-11-6-7-15-13(9-11)10-14(12(2)20-15)17(22)21-16-5-3-4-8-19-18(16)23/h6-7,9-10,16H,3-5,8H2,1-2H3,(H,19,23)(H,21,22)/t16-/m0/s1. The highest BCUT2D eigenvalue weighted by atomic mass is 16.2. The molecule has 0 radical (unpaired) electrons. The molecule has 2 aromatic rings. The van der Waals surface area contributed by atoms with E-state index in [-0.39, 0.29) is 11.8 Å². The highest BCUT2D eigenvalue weighted by Gasteiger charge is 2.23. The smallest absolute Gasteiger partial charge is 0.253 e. The van der Waals surface area contributed by atoms with Crippen LogP contribution in [0, 0.1) is 13.8 Å². The van der Waals surface area contributed by atoms with Gasteiger partial charge in [0, 0.05) is 11.9 Å². The molecule has 3 rings (SSSR count). The number of rotatable bonds is 2. The summed E-state index contributed by atoms with van der Waals surface area (Å²) < 4.78 is 0. The molecule has 1 saturated heterocycles. The highest BCUT2D eigenvalue weighted by Crippen LogP contribution is 2.18. The molecule has 1 aliphatic rings. The lowest BCUT2D eigenvalue weighted by Crippen LogP contribution is -2.45. The average molecular weight is 311 g/mol. The van der Waals surface area contributed by atoms with Gasteiger partial charge in [-0.15, -0.1) is 0 Å². The van der Waals surface area contributed by atoms with E-state index in [4.69, 9.17) is 0 Å². The van der Waals surface area contributed by atoms with Crippen LogP contribution in [0.2, 0.25) is 0 Å². The fraction of sp³-hybridized carbons (Fsp3) is 0.389. The van der Waals surface area contributed by atoms with E-state index in [1.165, 1.54) is 0 Å². The number of amides is 2. The molecular formula is C18H21N3O2. The van der Waals surface area contributed by atoms with Crippen LogP contribution in [0.3, 0.4) is 0 Å². The second-order valence-corrected chi connectivity index (χ2v) is 6.13. The maximum absolute atomic E-state index is 12.6. The first-order valence-electron chi connectivity index (χ1n) is 8.01. The molecule has 5 heteroatoms. The summed E-state index contributed by atoms with van der Waals surface area (Å²) in [5, 5.41) is 6.62. The molecule has 2 amide bonds. The molecule has 120 valence electrons. The topological polar surface area (TPSA) is 71.1 Å². The van der Waals surface area contributed by atoms with Crippen LogP contribution in [0.1, 0.15) is 40.9 Å². The van der Waals surface area contributed by atoms with Crippen LogP contribution >= 0.6 is 0 Å². The van der Waals surface area contributed by atoms with Crippen molar-refractivity contribution in [2.45, 2.75) is 39.2 Å². The quantitative estimate of drug-likeness (QED) is 0.893. The van der Waals surface area contributed by atoms with Gasteiger partial charge in [-0.2, -0.15) is 0 Å². The number of nitrogens with zero attached hydrogens (tertiary/aromatic N) is 1. The van der Waals surface area contributed by atoms with E-state index in [0.29, 0.717) is 24.2 Å². The van der Waals surface area contributed by atoms with Crippen molar-refractivity contribution in [3.05, 3.63) is 41.1 Å². The Morgan fingerprint density at radius 1 is 1.26 bits per heavy atom. The SMILES string of the molecule is Cc1ccc2nc(C)c(C(=O)N[C@H]3CCCCNC3=O)cc2c1. The Kier molecular flexibility index (Phi) is 4.28. The van der Waals surface area contributed by atoms with Gasteiger partial charge >= 0.3 is 0 Å². The van der Waals surface area contributed by atoms with E-state index in [1.54, 1.807) is 0 Å². The Hall–Kier alpha value is -2.43. The third kappa shape index (κ3) is 3.33. The fourth-order valence-corrected chi connectivity index (χ4v) is 2.94. The zero-order valence-corrected chi connectivity index (χ0v) is 13.5. The maximum Gasteiger partial charge on any atom is 0.253 e. The molecule has 0 bridgehead atoms. The van der Waals surface area contributed by atoms with Crippen molar-refractivity contribution < 1.29 is 9.59 Å². The van der Waals surface area contributed by atoms with E-state index >= 15 is 0 Å². The molecule has 2 heterocycles. The second kappa shape index (κ2) is 6.36. The zero-order valence-electron chi connectivity index (χ0n) is 13.5. The first-order chi connectivity index (χ1) is 11.0. The average Bonchev–Trinajstić information content (AvgIpc) is 2.72. The third-order valence-electron chi connectivity index (χ3n) is 4.25. The van der Waals surface area contributed by atoms with Crippen LogP contribution in [0.25, 0.3) is 10.9 Å². The molecule has 2 N–H and O–H groups in total. The molecule has 23 heavy (non-hydrogen) atoms. The van der Waals surface area contributed by atoms with Crippen molar-refractivity contribution in [3.8, 4) is 0 Å². The van der Waals surface area contributed by atoms with Gasteiger partial charge in [-0.05, 0) is 51.3 Å². The van der Waals surface area contributed by atoms with E-state index < -0.39 is 6.04 Å². The fourth-order valence-electron chi connectivity index (χ4n) is 2.94. The predicted molar refractivity (Wildman–Crippen MR) is 89.3 cm³/mol. The number of nitrogens with one attached hydrogen (secondary N) is 2. The van der Waals surface area contributed by atoms with E-state index in [1.807, 2.05) is 38.1 Å². The van der Waals surface area contributed by atoms with Gasteiger partial charge in [-0.1, -0.05) is 11.6 Å². The largest absolute Gasteiger partial charge is 0.354 e. The molecule has 0 unspecified atom stereocenters. The monoisotopic (exact) mass is 311 g/mol. The van der Waals surface area contributed by atoms with E-state index in [0.717, 1.165) is 29.3 Å². The summed E-state index contributed by atoms with van der Waals surface area (Å²) in [5.74, 6) is -0.335. The number of aromatic nitrogens is 1. The molecule has 0 saturated carbocycles. The summed E-state index contributed by atoms with van der Waals surface area (Å²) in [6.07, 6.45) is 2.56. The summed E-state index contributed by atoms with van der Waals surface area (Å²) in [6.45, 7) is 4.51. The summed E-state index contributed by atoms with van der Waals surface area (Å²) >= 11 is 0. The van der Waals surface area contributed by atoms with Crippen LogP contribution in [0.5, 0.6) is 0 Å². The predicted octanol–water partition coefficient (Wildman–Crippen LogP) is 2.25. The third-order valence-corrected chi connectivity index (χ3v) is 4.25. The zero-order chi connectivity index (χ0) is 16.4. The van der Waals surface area contributed by atoms with Crippen molar-refractivity contribution in [1.82, 2.24) is 15.6 Å². The number of carbonyl (C=O) groups is 2. The van der Waals surface area contributed by atoms with Gasteiger partial charge in [0.25, 0.3) is 5.91 Å². The van der Waals surface area contributed by atoms with E-state index in [2.05, 4.69) is 15.6 Å². The van der Waals surface area contributed by atoms with Gasteiger partial charge in [-0.25, -0.2) is 0 Å². The molecule has 1 atom stereocenters. The van der Waals surface area contributed by atoms with Gasteiger partial charge < -0.3 is 10.6 Å². The van der Waals surface area contributed by atoms with Crippen molar-refractivity contribution >= 4 is 22.7 Å². The Labute approximate surface area is 135 Å². The number of hydrogen-bond donors (Lipinski definition) is 2. The minimum absolute atomic E-state index is 0.0990. The summed E-state index contributed by atoms with van der Waals surface area (Å²) in [6, 6.07) is 7.37. The first-order valence-corrected chi connectivity index (χ1v) is 8.01. The normalized spacial score (nSPS) is 18.3. The first kappa shape index (κ1) is 15.5. The van der Waals surface area contributed by atoms with Crippen LogP contribution in [-0.4, -0.2) is 29.4 Å². The molecule has 5 nitrogen and oxygen atoms in total. The Morgan fingerprint density at radius 2 is 2.09 bits per heavy atom. The van der Waals surface area contributed by atoms with Crippen LogP contribution in [-0.2, 0) is 4.79 Å². The van der Waals surface area contributed by atoms with Crippen LogP contribution in [0.4, 0.5) is 0 Å². The van der Waals surface area contributed by atoms with Crippen molar-refractivity contribution in [2.75, 3.05) is 6.54 Å². The Morgan fingerprint density at radius 3 is 2.91 bits per heavy atom. The minimum Gasteiger partial charge on any atom is -0.354 e. The van der Waals surface area contributed by atoms with Gasteiger partial charge in [0.05, 0.1) is 16.8 Å². The number of pyridine rings is 1. The molecule has 1 aromatic heterocycles. The summed E-state index contributed by atoms with van der Waals surface area (Å²) in [7, 11) is 0. The Bertz CT molecular complexity index is 770.